The molecule has 1 saturated heterocycles. The summed E-state index contributed by atoms with van der Waals surface area (Å²) in [5, 5.41) is 0. The predicted molar refractivity (Wildman–Crippen MR) is 109 cm³/mol. The van der Waals surface area contributed by atoms with Crippen LogP contribution in [-0.4, -0.2) is 41.7 Å². The van der Waals surface area contributed by atoms with Crippen LogP contribution in [0.3, 0.4) is 0 Å². The highest BCUT2D eigenvalue weighted by atomic mass is 16.5. The molecule has 150 valence electrons. The highest BCUT2D eigenvalue weighted by molar-refractivity contribution is 5.98. The van der Waals surface area contributed by atoms with E-state index in [1.54, 1.807) is 4.90 Å². The normalized spacial score (nSPS) is 16.4. The molecule has 2 aromatic carbocycles. The topological polar surface area (TPSA) is 73.7 Å². The fourth-order valence-corrected chi connectivity index (χ4v) is 3.84. The third-order valence-corrected chi connectivity index (χ3v) is 5.15. The summed E-state index contributed by atoms with van der Waals surface area (Å²) in [5.74, 6) is 0.943. The van der Waals surface area contributed by atoms with E-state index in [0.717, 1.165) is 22.5 Å². The van der Waals surface area contributed by atoms with E-state index in [1.165, 1.54) is 7.11 Å². The number of fused-ring (bicyclic) bond motifs is 1. The second-order valence-corrected chi connectivity index (χ2v) is 6.93. The van der Waals surface area contributed by atoms with Crippen LogP contribution >= 0.6 is 0 Å². The molecule has 0 radical (unpaired) electrons. The van der Waals surface area contributed by atoms with E-state index in [1.807, 2.05) is 60.0 Å². The molecule has 7 heteroatoms. The molecule has 1 aliphatic heterocycles. The molecular formula is C22H23N3O4. The first-order valence-electron chi connectivity index (χ1n) is 9.66. The minimum absolute atomic E-state index is 0.0128. The van der Waals surface area contributed by atoms with Gasteiger partial charge in [0.05, 0.1) is 30.4 Å². The first kappa shape index (κ1) is 19.0. The molecule has 1 aliphatic rings. The van der Waals surface area contributed by atoms with Crippen molar-refractivity contribution in [2.45, 2.75) is 25.8 Å². The van der Waals surface area contributed by atoms with Crippen LogP contribution in [0.2, 0.25) is 0 Å². The second-order valence-electron chi connectivity index (χ2n) is 6.93. The molecule has 1 atom stereocenters. The van der Waals surface area contributed by atoms with Crippen LogP contribution in [0.1, 0.15) is 25.1 Å². The van der Waals surface area contributed by atoms with Crippen LogP contribution in [0.5, 0.6) is 5.75 Å². The molecule has 1 unspecified atom stereocenters. The lowest BCUT2D eigenvalue weighted by molar-refractivity contribution is -0.141. The van der Waals surface area contributed by atoms with Gasteiger partial charge in [-0.15, -0.1) is 0 Å². The minimum atomic E-state index is -0.350. The molecular weight excluding hydrogens is 370 g/mol. The number of esters is 1. The van der Waals surface area contributed by atoms with E-state index in [9.17, 15) is 9.59 Å². The van der Waals surface area contributed by atoms with Gasteiger partial charge in [0.1, 0.15) is 18.1 Å². The molecule has 0 N–H and O–H groups in total. The Morgan fingerprint density at radius 1 is 1.17 bits per heavy atom. The summed E-state index contributed by atoms with van der Waals surface area (Å²) in [4.78, 5) is 31.3. The maximum atomic E-state index is 12.9. The Labute approximate surface area is 168 Å². The number of imidazole rings is 1. The quantitative estimate of drug-likeness (QED) is 0.602. The predicted octanol–water partition coefficient (Wildman–Crippen LogP) is 3.13. The Morgan fingerprint density at radius 2 is 1.93 bits per heavy atom. The Morgan fingerprint density at radius 3 is 2.72 bits per heavy atom. The molecule has 0 bridgehead atoms. The van der Waals surface area contributed by atoms with E-state index >= 15 is 0 Å². The van der Waals surface area contributed by atoms with Crippen molar-refractivity contribution in [2.75, 3.05) is 25.2 Å². The summed E-state index contributed by atoms with van der Waals surface area (Å²) in [7, 11) is 1.37. The standard InChI is InChI=1S/C22H23N3O4/c1-3-29-19-11-7-6-10-18(19)24-13-15(12-20(24)26)22-23-16-8-4-5-9-17(16)25(22)14-21(27)28-2/h4-11,15H,3,12-14H2,1-2H3. The average Bonchev–Trinajstić information content (AvgIpc) is 3.29. The van der Waals surface area contributed by atoms with Gasteiger partial charge in [0, 0.05) is 18.9 Å². The van der Waals surface area contributed by atoms with E-state index in [4.69, 9.17) is 14.5 Å². The number of benzene rings is 2. The van der Waals surface area contributed by atoms with Gasteiger partial charge in [-0.25, -0.2) is 4.98 Å². The van der Waals surface area contributed by atoms with Crippen LogP contribution < -0.4 is 9.64 Å². The van der Waals surface area contributed by atoms with Crippen molar-refractivity contribution in [3.05, 3.63) is 54.4 Å². The number of rotatable bonds is 6. The van der Waals surface area contributed by atoms with Gasteiger partial charge in [-0.05, 0) is 31.2 Å². The minimum Gasteiger partial charge on any atom is -0.492 e. The summed E-state index contributed by atoms with van der Waals surface area (Å²) < 4.78 is 12.4. The molecule has 1 amide bonds. The van der Waals surface area contributed by atoms with Gasteiger partial charge in [-0.3, -0.25) is 9.59 Å². The lowest BCUT2D eigenvalue weighted by Crippen LogP contribution is -2.25. The van der Waals surface area contributed by atoms with Gasteiger partial charge in [0.15, 0.2) is 0 Å². The summed E-state index contributed by atoms with van der Waals surface area (Å²) >= 11 is 0. The molecule has 1 fully saturated rings. The molecule has 2 heterocycles. The third kappa shape index (κ3) is 3.55. The third-order valence-electron chi connectivity index (χ3n) is 5.15. The molecule has 0 spiro atoms. The van der Waals surface area contributed by atoms with Gasteiger partial charge >= 0.3 is 5.97 Å². The number of carbonyl (C=O) groups is 2. The Kier molecular flexibility index (Phi) is 5.20. The molecule has 1 aromatic heterocycles. The van der Waals surface area contributed by atoms with Crippen molar-refractivity contribution in [1.82, 2.24) is 9.55 Å². The van der Waals surface area contributed by atoms with E-state index in [0.29, 0.717) is 25.3 Å². The highest BCUT2D eigenvalue weighted by Gasteiger charge is 2.36. The number of amides is 1. The number of anilines is 1. The van der Waals surface area contributed by atoms with E-state index < -0.39 is 0 Å². The number of carbonyl (C=O) groups excluding carboxylic acids is 2. The number of aromatic nitrogens is 2. The van der Waals surface area contributed by atoms with Crippen LogP contribution in [-0.2, 0) is 20.9 Å². The molecule has 3 aromatic rings. The van der Waals surface area contributed by atoms with E-state index in [2.05, 4.69) is 0 Å². The number of methoxy groups -OCH3 is 1. The maximum absolute atomic E-state index is 12.9. The lowest BCUT2D eigenvalue weighted by Gasteiger charge is -2.20. The summed E-state index contributed by atoms with van der Waals surface area (Å²) in [6, 6.07) is 15.2. The smallest absolute Gasteiger partial charge is 0.325 e. The maximum Gasteiger partial charge on any atom is 0.325 e. The number of ether oxygens (including phenoxy) is 2. The zero-order valence-corrected chi connectivity index (χ0v) is 16.5. The average molecular weight is 393 g/mol. The molecule has 0 saturated carbocycles. The van der Waals surface area contributed by atoms with Crippen molar-refractivity contribution in [3.63, 3.8) is 0 Å². The molecule has 0 aliphatic carbocycles. The first-order chi connectivity index (χ1) is 14.1. The Bertz CT molecular complexity index is 1060. The van der Waals surface area contributed by atoms with Crippen LogP contribution in [0.15, 0.2) is 48.5 Å². The second kappa shape index (κ2) is 7.95. The number of hydrogen-bond acceptors (Lipinski definition) is 5. The molecule has 4 rings (SSSR count). The lowest BCUT2D eigenvalue weighted by atomic mass is 10.1. The number of para-hydroxylation sites is 4. The largest absolute Gasteiger partial charge is 0.492 e. The van der Waals surface area contributed by atoms with E-state index in [-0.39, 0.29) is 24.3 Å². The van der Waals surface area contributed by atoms with Crippen LogP contribution in [0.4, 0.5) is 5.69 Å². The van der Waals surface area contributed by atoms with Crippen molar-refractivity contribution < 1.29 is 19.1 Å². The van der Waals surface area contributed by atoms with Gasteiger partial charge in [-0.2, -0.15) is 0 Å². The SMILES string of the molecule is CCOc1ccccc1N1CC(c2nc3ccccc3n2CC(=O)OC)CC1=O. The first-order valence-corrected chi connectivity index (χ1v) is 9.66. The summed E-state index contributed by atoms with van der Waals surface area (Å²) in [6.07, 6.45) is 0.324. The Balaban J connectivity index is 1.70. The van der Waals surface area contributed by atoms with Crippen molar-refractivity contribution in [3.8, 4) is 5.75 Å². The molecule has 29 heavy (non-hydrogen) atoms. The number of hydrogen-bond donors (Lipinski definition) is 0. The van der Waals surface area contributed by atoms with Crippen molar-refractivity contribution >= 4 is 28.6 Å². The zero-order chi connectivity index (χ0) is 20.4. The van der Waals surface area contributed by atoms with Gasteiger partial charge in [0.2, 0.25) is 5.91 Å². The van der Waals surface area contributed by atoms with Crippen molar-refractivity contribution in [1.29, 1.82) is 0 Å². The van der Waals surface area contributed by atoms with Crippen LogP contribution in [0.25, 0.3) is 11.0 Å². The van der Waals surface area contributed by atoms with Gasteiger partial charge < -0.3 is 18.9 Å². The fourth-order valence-electron chi connectivity index (χ4n) is 3.84. The Hall–Kier alpha value is -3.35. The molecule has 7 nitrogen and oxygen atoms in total. The monoisotopic (exact) mass is 393 g/mol. The van der Waals surface area contributed by atoms with Gasteiger partial charge in [0.25, 0.3) is 0 Å². The summed E-state index contributed by atoms with van der Waals surface area (Å²) in [5.41, 5.74) is 2.41. The zero-order valence-electron chi connectivity index (χ0n) is 16.5. The van der Waals surface area contributed by atoms with Crippen molar-refractivity contribution in [2.24, 2.45) is 0 Å². The van der Waals surface area contributed by atoms with Gasteiger partial charge in [-0.1, -0.05) is 24.3 Å². The highest BCUT2D eigenvalue weighted by Crippen LogP contribution is 2.37. The summed E-state index contributed by atoms with van der Waals surface area (Å²) in [6.45, 7) is 2.98. The van der Waals surface area contributed by atoms with Crippen LogP contribution in [0, 0.1) is 0 Å². The fraction of sp³-hybridized carbons (Fsp3) is 0.318. The number of nitrogens with zero attached hydrogens (tertiary/aromatic N) is 3.